The van der Waals surface area contributed by atoms with E-state index in [-0.39, 0.29) is 11.3 Å². The van der Waals surface area contributed by atoms with E-state index in [1.165, 1.54) is 6.42 Å². The number of phenolic OH excluding ortho intramolecular Hbond substituents is 1. The number of aromatic nitrogens is 4. The van der Waals surface area contributed by atoms with E-state index in [2.05, 4.69) is 34.2 Å². The van der Waals surface area contributed by atoms with Crippen LogP contribution in [0.25, 0.3) is 16.3 Å². The van der Waals surface area contributed by atoms with Crippen molar-refractivity contribution in [2.75, 3.05) is 14.2 Å². The van der Waals surface area contributed by atoms with Crippen LogP contribution in [0, 0.1) is 12.8 Å². The van der Waals surface area contributed by atoms with Crippen LogP contribution in [-0.2, 0) is 11.2 Å². The summed E-state index contributed by atoms with van der Waals surface area (Å²) in [5.74, 6) is 0.795. The average Bonchev–Trinajstić information content (AvgIpc) is 3.38. The van der Waals surface area contributed by atoms with E-state index in [4.69, 9.17) is 4.74 Å². The average molecular weight is 454 g/mol. The number of benzene rings is 1. The van der Waals surface area contributed by atoms with Crippen LogP contribution >= 0.6 is 11.3 Å². The molecule has 4 atom stereocenters. The fourth-order valence-corrected chi connectivity index (χ4v) is 6.61. The van der Waals surface area contributed by atoms with Gasteiger partial charge in [-0.25, -0.2) is 4.68 Å². The predicted molar refractivity (Wildman–Crippen MR) is 125 cm³/mol. The SMILES string of the molecule is COC1CC2CC(Cc3nnc(-c4ccc(-n5ccc(C)n5)cc4O)s3)CC(C)(C1)N2C. The number of fused-ring (bicyclic) bond motifs is 2. The summed E-state index contributed by atoms with van der Waals surface area (Å²) in [7, 11) is 4.11. The summed E-state index contributed by atoms with van der Waals surface area (Å²) in [6.45, 7) is 4.32. The number of nitrogens with zero attached hydrogens (tertiary/aromatic N) is 5. The van der Waals surface area contributed by atoms with Gasteiger partial charge in [0.1, 0.15) is 10.8 Å². The smallest absolute Gasteiger partial charge is 0.151 e. The van der Waals surface area contributed by atoms with Crippen LogP contribution < -0.4 is 0 Å². The van der Waals surface area contributed by atoms with Gasteiger partial charge in [-0.1, -0.05) is 11.3 Å². The molecule has 2 aliphatic heterocycles. The van der Waals surface area contributed by atoms with Gasteiger partial charge in [0.15, 0.2) is 5.01 Å². The number of methoxy groups -OCH3 is 1. The number of hydrogen-bond donors (Lipinski definition) is 1. The molecule has 1 N–H and O–H groups in total. The van der Waals surface area contributed by atoms with Crippen LogP contribution in [0.15, 0.2) is 30.5 Å². The fourth-order valence-electron chi connectivity index (χ4n) is 5.62. The van der Waals surface area contributed by atoms with Gasteiger partial charge in [0.2, 0.25) is 0 Å². The maximum absolute atomic E-state index is 10.6. The Morgan fingerprint density at radius 3 is 2.75 bits per heavy atom. The highest BCUT2D eigenvalue weighted by Gasteiger charge is 2.47. The summed E-state index contributed by atoms with van der Waals surface area (Å²) >= 11 is 1.59. The zero-order valence-electron chi connectivity index (χ0n) is 19.2. The molecular weight excluding hydrogens is 422 g/mol. The Balaban J connectivity index is 1.31. The lowest BCUT2D eigenvalue weighted by Gasteiger charge is -2.56. The molecule has 0 saturated carbocycles. The molecule has 0 radical (unpaired) electrons. The quantitative estimate of drug-likeness (QED) is 0.623. The highest BCUT2D eigenvalue weighted by Crippen LogP contribution is 2.45. The third-order valence-corrected chi connectivity index (χ3v) is 8.38. The van der Waals surface area contributed by atoms with Crippen molar-refractivity contribution in [1.29, 1.82) is 0 Å². The monoisotopic (exact) mass is 453 g/mol. The molecule has 4 unspecified atom stereocenters. The zero-order chi connectivity index (χ0) is 22.5. The Morgan fingerprint density at radius 1 is 1.22 bits per heavy atom. The topological polar surface area (TPSA) is 76.3 Å². The third-order valence-electron chi connectivity index (χ3n) is 7.40. The van der Waals surface area contributed by atoms with Crippen molar-refractivity contribution in [3.63, 3.8) is 0 Å². The lowest BCUT2D eigenvalue weighted by Crippen LogP contribution is -2.61. The van der Waals surface area contributed by atoms with Gasteiger partial charge in [-0.2, -0.15) is 5.10 Å². The van der Waals surface area contributed by atoms with Crippen molar-refractivity contribution in [2.45, 2.75) is 63.6 Å². The Bertz CT molecular complexity index is 1110. The molecule has 1 aromatic carbocycles. The van der Waals surface area contributed by atoms with Gasteiger partial charge >= 0.3 is 0 Å². The minimum Gasteiger partial charge on any atom is -0.507 e. The molecule has 2 fully saturated rings. The molecule has 3 aromatic rings. The minimum absolute atomic E-state index is 0.180. The van der Waals surface area contributed by atoms with Gasteiger partial charge < -0.3 is 9.84 Å². The van der Waals surface area contributed by atoms with Crippen molar-refractivity contribution in [1.82, 2.24) is 24.9 Å². The molecule has 5 rings (SSSR count). The maximum Gasteiger partial charge on any atom is 0.151 e. The largest absolute Gasteiger partial charge is 0.507 e. The number of piperidine rings is 2. The van der Waals surface area contributed by atoms with Crippen molar-refractivity contribution < 1.29 is 9.84 Å². The Morgan fingerprint density at radius 2 is 2.06 bits per heavy atom. The van der Waals surface area contributed by atoms with Crippen molar-refractivity contribution in [2.24, 2.45) is 5.92 Å². The molecule has 8 heteroatoms. The molecule has 2 bridgehead atoms. The summed E-state index contributed by atoms with van der Waals surface area (Å²) in [6, 6.07) is 8.08. The number of rotatable bonds is 5. The van der Waals surface area contributed by atoms with E-state index < -0.39 is 0 Å². The second-order valence-corrected chi connectivity index (χ2v) is 10.7. The van der Waals surface area contributed by atoms with E-state index in [0.717, 1.165) is 52.6 Å². The van der Waals surface area contributed by atoms with Gasteiger partial charge in [-0.3, -0.25) is 4.90 Å². The zero-order valence-corrected chi connectivity index (χ0v) is 20.0. The van der Waals surface area contributed by atoms with Crippen LogP contribution in [-0.4, -0.2) is 61.8 Å². The standard InChI is InChI=1S/C24H31N5O2S/c1-15-7-8-29(27-15)17-5-6-20(21(30)12-17)23-26-25-22(32-23)10-16-9-18-11-19(31-4)14-24(2,13-16)28(18)3/h5-8,12,16,18-19,30H,9-11,13-14H2,1-4H3. The molecule has 0 aliphatic carbocycles. The second kappa shape index (κ2) is 8.24. The highest BCUT2D eigenvalue weighted by molar-refractivity contribution is 7.14. The maximum atomic E-state index is 10.6. The summed E-state index contributed by atoms with van der Waals surface area (Å²) in [4.78, 5) is 2.57. The summed E-state index contributed by atoms with van der Waals surface area (Å²) in [5, 5.41) is 25.7. The van der Waals surface area contributed by atoms with Crippen LogP contribution in [0.4, 0.5) is 0 Å². The Labute approximate surface area is 193 Å². The first-order chi connectivity index (χ1) is 15.3. The van der Waals surface area contributed by atoms with Gasteiger partial charge in [-0.05, 0) is 70.7 Å². The second-order valence-electron chi connectivity index (χ2n) is 9.67. The number of aryl methyl sites for hydroxylation is 1. The summed E-state index contributed by atoms with van der Waals surface area (Å²) < 4.78 is 7.48. The minimum atomic E-state index is 0.180. The normalized spacial score (nSPS) is 28.2. The van der Waals surface area contributed by atoms with Gasteiger partial charge in [0.25, 0.3) is 0 Å². The molecule has 32 heavy (non-hydrogen) atoms. The third kappa shape index (κ3) is 3.95. The number of hydrogen-bond acceptors (Lipinski definition) is 7. The van der Waals surface area contributed by atoms with E-state index in [1.54, 1.807) is 22.1 Å². The summed E-state index contributed by atoms with van der Waals surface area (Å²) in [5.41, 5.74) is 2.66. The first-order valence-electron chi connectivity index (χ1n) is 11.3. The van der Waals surface area contributed by atoms with Gasteiger partial charge in [0, 0.05) is 37.4 Å². The van der Waals surface area contributed by atoms with E-state index >= 15 is 0 Å². The van der Waals surface area contributed by atoms with Crippen molar-refractivity contribution in [3.8, 4) is 22.0 Å². The Hall–Kier alpha value is -2.29. The first kappa shape index (κ1) is 21.6. The van der Waals surface area contributed by atoms with Crippen molar-refractivity contribution in [3.05, 3.63) is 41.2 Å². The number of phenols is 1. The fraction of sp³-hybridized carbons (Fsp3) is 0.542. The molecular formula is C24H31N5O2S. The molecule has 0 amide bonds. The van der Waals surface area contributed by atoms with Crippen molar-refractivity contribution >= 4 is 11.3 Å². The lowest BCUT2D eigenvalue weighted by molar-refractivity contribution is -0.0918. The van der Waals surface area contributed by atoms with Crippen LogP contribution in [0.3, 0.4) is 0 Å². The molecule has 2 saturated heterocycles. The summed E-state index contributed by atoms with van der Waals surface area (Å²) in [6.07, 6.45) is 7.72. The van der Waals surface area contributed by atoms with E-state index in [1.807, 2.05) is 38.4 Å². The first-order valence-corrected chi connectivity index (χ1v) is 12.1. The number of ether oxygens (including phenoxy) is 1. The van der Waals surface area contributed by atoms with Gasteiger partial charge in [-0.15, -0.1) is 10.2 Å². The van der Waals surface area contributed by atoms with Crippen LogP contribution in [0.1, 0.15) is 43.3 Å². The molecule has 4 heterocycles. The molecule has 7 nitrogen and oxygen atoms in total. The Kier molecular flexibility index (Phi) is 5.55. The highest BCUT2D eigenvalue weighted by atomic mass is 32.1. The van der Waals surface area contributed by atoms with Crippen LogP contribution in [0.2, 0.25) is 0 Å². The van der Waals surface area contributed by atoms with E-state index in [0.29, 0.717) is 18.1 Å². The molecule has 2 aliphatic rings. The van der Waals surface area contributed by atoms with Crippen LogP contribution in [0.5, 0.6) is 5.75 Å². The predicted octanol–water partition coefficient (Wildman–Crippen LogP) is 4.23. The molecule has 0 spiro atoms. The number of aromatic hydroxyl groups is 1. The molecule has 2 aromatic heterocycles. The van der Waals surface area contributed by atoms with Gasteiger partial charge in [0.05, 0.1) is 23.0 Å². The lowest BCUT2D eigenvalue weighted by atomic mass is 9.69. The molecule has 170 valence electrons. The van der Waals surface area contributed by atoms with E-state index in [9.17, 15) is 5.11 Å².